The summed E-state index contributed by atoms with van der Waals surface area (Å²) in [5.74, 6) is 1.80. The molecule has 3 N–H and O–H groups in total. The lowest BCUT2D eigenvalue weighted by atomic mass is 10.2. The smallest absolute Gasteiger partial charge is 0.184 e. The highest BCUT2D eigenvalue weighted by atomic mass is 35.5. The second kappa shape index (κ2) is 7.20. The highest BCUT2D eigenvalue weighted by Gasteiger charge is 2.16. The van der Waals surface area contributed by atoms with Gasteiger partial charge in [-0.05, 0) is 18.2 Å². The lowest BCUT2D eigenvalue weighted by Crippen LogP contribution is -2.09. The second-order valence-electron chi connectivity index (χ2n) is 5.76. The maximum absolute atomic E-state index is 6.32. The van der Waals surface area contributed by atoms with Gasteiger partial charge in [0.2, 0.25) is 0 Å². The number of benzene rings is 2. The zero-order valence-electron chi connectivity index (χ0n) is 15.0. The number of aromatic nitrogens is 5. The second-order valence-corrected chi connectivity index (χ2v) is 6.17. The minimum absolute atomic E-state index is 0.298. The van der Waals surface area contributed by atoms with Crippen LogP contribution >= 0.6 is 11.6 Å². The van der Waals surface area contributed by atoms with Gasteiger partial charge in [-0.25, -0.2) is 9.97 Å². The number of hydrogen-bond donors (Lipinski definition) is 2. The van der Waals surface area contributed by atoms with E-state index < -0.39 is 0 Å². The predicted octanol–water partition coefficient (Wildman–Crippen LogP) is 3.21. The number of fused-ring (bicyclic) bond motifs is 1. The number of para-hydroxylation sites is 1. The van der Waals surface area contributed by atoms with Crippen molar-refractivity contribution < 1.29 is 9.47 Å². The van der Waals surface area contributed by atoms with E-state index in [9.17, 15) is 0 Å². The van der Waals surface area contributed by atoms with Crippen LogP contribution in [-0.4, -0.2) is 39.2 Å². The van der Waals surface area contributed by atoms with Gasteiger partial charge in [0.1, 0.15) is 29.0 Å². The van der Waals surface area contributed by atoms with Crippen LogP contribution in [0.25, 0.3) is 16.9 Å². The number of nitrogens with two attached hydrogens (primary N) is 1. The van der Waals surface area contributed by atoms with Crippen LogP contribution in [0.5, 0.6) is 11.5 Å². The number of nitrogens with zero attached hydrogens (tertiary/aromatic N) is 5. The summed E-state index contributed by atoms with van der Waals surface area (Å²) in [7, 11) is 3.08. The zero-order valence-corrected chi connectivity index (χ0v) is 15.8. The van der Waals surface area contributed by atoms with Gasteiger partial charge in [0.05, 0.1) is 30.4 Å². The van der Waals surface area contributed by atoms with Crippen molar-refractivity contribution in [2.75, 3.05) is 25.3 Å². The molecule has 4 aromatic rings. The van der Waals surface area contributed by atoms with Gasteiger partial charge in [-0.1, -0.05) is 28.9 Å². The van der Waals surface area contributed by atoms with Crippen molar-refractivity contribution in [3.05, 3.63) is 47.7 Å². The lowest BCUT2D eigenvalue weighted by Gasteiger charge is -2.15. The number of anilines is 3. The molecule has 28 heavy (non-hydrogen) atoms. The van der Waals surface area contributed by atoms with Crippen LogP contribution in [0.3, 0.4) is 0 Å². The Morgan fingerprint density at radius 1 is 1.07 bits per heavy atom. The largest absolute Gasteiger partial charge is 0.495 e. The molecule has 0 fully saturated rings. The molecule has 0 radical (unpaired) electrons. The topological polar surface area (TPSA) is 113 Å². The third-order valence-electron chi connectivity index (χ3n) is 4.14. The fourth-order valence-corrected chi connectivity index (χ4v) is 3.01. The molecule has 4 rings (SSSR count). The summed E-state index contributed by atoms with van der Waals surface area (Å²) in [5, 5.41) is 11.8. The SMILES string of the molecule is COc1cc(OC)c(Nc2ncnc(-n3nnc4ccccc43)c2N)cc1Cl. The predicted molar refractivity (Wildman–Crippen MR) is 107 cm³/mol. The van der Waals surface area contributed by atoms with Gasteiger partial charge in [-0.2, -0.15) is 4.68 Å². The Morgan fingerprint density at radius 3 is 2.64 bits per heavy atom. The lowest BCUT2D eigenvalue weighted by molar-refractivity contribution is 0.396. The molecule has 2 aromatic heterocycles. The van der Waals surface area contributed by atoms with Crippen molar-refractivity contribution in [1.82, 2.24) is 25.0 Å². The van der Waals surface area contributed by atoms with Crippen LogP contribution in [0, 0.1) is 0 Å². The van der Waals surface area contributed by atoms with Crippen molar-refractivity contribution in [3.63, 3.8) is 0 Å². The van der Waals surface area contributed by atoms with E-state index >= 15 is 0 Å². The Kier molecular flexibility index (Phi) is 4.58. The van der Waals surface area contributed by atoms with Crippen molar-refractivity contribution in [3.8, 4) is 17.3 Å². The van der Waals surface area contributed by atoms with E-state index in [0.717, 1.165) is 11.0 Å². The van der Waals surface area contributed by atoms with Crippen LogP contribution in [0.2, 0.25) is 5.02 Å². The van der Waals surface area contributed by atoms with Crippen molar-refractivity contribution in [2.24, 2.45) is 0 Å². The molecule has 0 saturated heterocycles. The van der Waals surface area contributed by atoms with Gasteiger partial charge in [0.25, 0.3) is 0 Å². The molecular weight excluding hydrogens is 382 g/mol. The average molecular weight is 398 g/mol. The van der Waals surface area contributed by atoms with E-state index in [-0.39, 0.29) is 0 Å². The molecule has 142 valence electrons. The number of halogens is 1. The minimum Gasteiger partial charge on any atom is -0.495 e. The number of rotatable bonds is 5. The minimum atomic E-state index is 0.298. The average Bonchev–Trinajstić information content (AvgIpc) is 3.14. The molecule has 0 spiro atoms. The quantitative estimate of drug-likeness (QED) is 0.527. The number of nitrogens with one attached hydrogen (secondary N) is 1. The molecule has 0 unspecified atom stereocenters. The molecule has 0 saturated carbocycles. The van der Waals surface area contributed by atoms with Crippen molar-refractivity contribution in [1.29, 1.82) is 0 Å². The number of nitrogen functional groups attached to an aromatic ring is 1. The van der Waals surface area contributed by atoms with E-state index in [0.29, 0.717) is 39.5 Å². The Hall–Kier alpha value is -3.59. The van der Waals surface area contributed by atoms with Crippen LogP contribution < -0.4 is 20.5 Å². The molecule has 0 bridgehead atoms. The summed E-state index contributed by atoms with van der Waals surface area (Å²) in [6.45, 7) is 0. The van der Waals surface area contributed by atoms with Gasteiger partial charge in [0.15, 0.2) is 11.6 Å². The van der Waals surface area contributed by atoms with Crippen LogP contribution in [0.4, 0.5) is 17.2 Å². The zero-order chi connectivity index (χ0) is 19.7. The first-order chi connectivity index (χ1) is 13.6. The van der Waals surface area contributed by atoms with Crippen LogP contribution in [0.15, 0.2) is 42.7 Å². The molecule has 2 heterocycles. The van der Waals surface area contributed by atoms with Gasteiger partial charge < -0.3 is 20.5 Å². The van der Waals surface area contributed by atoms with Gasteiger partial charge in [-0.15, -0.1) is 5.10 Å². The molecule has 0 atom stereocenters. The Labute approximate surface area is 165 Å². The molecular formula is C18H16ClN7O2. The summed E-state index contributed by atoms with van der Waals surface area (Å²) in [4.78, 5) is 8.50. The van der Waals surface area contributed by atoms with Crippen molar-refractivity contribution in [2.45, 2.75) is 0 Å². The number of ether oxygens (including phenoxy) is 2. The Bertz CT molecular complexity index is 1160. The van der Waals surface area contributed by atoms with E-state index in [4.69, 9.17) is 26.8 Å². The van der Waals surface area contributed by atoms with Gasteiger partial charge in [0, 0.05) is 6.07 Å². The summed E-state index contributed by atoms with van der Waals surface area (Å²) in [5.41, 5.74) is 8.72. The maximum Gasteiger partial charge on any atom is 0.184 e. The third-order valence-corrected chi connectivity index (χ3v) is 4.44. The highest BCUT2D eigenvalue weighted by Crippen LogP contribution is 2.38. The fraction of sp³-hybridized carbons (Fsp3) is 0.111. The molecule has 10 heteroatoms. The maximum atomic E-state index is 6.32. The molecule has 0 aliphatic heterocycles. The molecule has 0 amide bonds. The first kappa shape index (κ1) is 17.8. The standard InChI is InChI=1S/C18H16ClN7O2/c1-27-14-8-15(28-2)12(7-10(14)19)23-17-16(20)18(22-9-21-17)26-13-6-4-3-5-11(13)24-25-26/h3-9H,20H2,1-2H3,(H,21,22,23). The van der Waals surface area contributed by atoms with Gasteiger partial charge in [-0.3, -0.25) is 0 Å². The van der Waals surface area contributed by atoms with E-state index in [1.807, 2.05) is 24.3 Å². The number of methoxy groups -OCH3 is 2. The normalized spacial score (nSPS) is 10.8. The molecule has 0 aliphatic carbocycles. The van der Waals surface area contributed by atoms with Gasteiger partial charge >= 0.3 is 0 Å². The summed E-state index contributed by atoms with van der Waals surface area (Å²) in [6, 6.07) is 10.9. The molecule has 9 nitrogen and oxygen atoms in total. The fourth-order valence-electron chi connectivity index (χ4n) is 2.77. The third kappa shape index (κ3) is 3.01. The van der Waals surface area contributed by atoms with Crippen LogP contribution in [0.1, 0.15) is 0 Å². The summed E-state index contributed by atoms with van der Waals surface area (Å²) < 4.78 is 12.2. The number of hydrogen-bond acceptors (Lipinski definition) is 8. The summed E-state index contributed by atoms with van der Waals surface area (Å²) in [6.07, 6.45) is 1.39. The van der Waals surface area contributed by atoms with E-state index in [2.05, 4.69) is 25.6 Å². The Morgan fingerprint density at radius 2 is 1.86 bits per heavy atom. The first-order valence-corrected chi connectivity index (χ1v) is 8.60. The Balaban J connectivity index is 1.77. The van der Waals surface area contributed by atoms with E-state index in [1.165, 1.54) is 13.4 Å². The highest BCUT2D eigenvalue weighted by molar-refractivity contribution is 6.32. The van der Waals surface area contributed by atoms with Crippen molar-refractivity contribution >= 4 is 39.8 Å². The summed E-state index contributed by atoms with van der Waals surface area (Å²) >= 11 is 6.24. The van der Waals surface area contributed by atoms with E-state index in [1.54, 1.807) is 23.9 Å². The monoisotopic (exact) mass is 397 g/mol. The van der Waals surface area contributed by atoms with Crippen LogP contribution in [-0.2, 0) is 0 Å². The molecule has 0 aliphatic rings. The first-order valence-electron chi connectivity index (χ1n) is 8.22. The molecule has 2 aromatic carbocycles.